The average molecular weight is 350 g/mol. The summed E-state index contributed by atoms with van der Waals surface area (Å²) in [4.78, 5) is 0. The summed E-state index contributed by atoms with van der Waals surface area (Å²) in [5.74, 6) is 1.29. The molecule has 130 valence electrons. The molecule has 0 aliphatic rings. The highest BCUT2D eigenvalue weighted by Gasteiger charge is 2.14. The van der Waals surface area contributed by atoms with Gasteiger partial charge in [-0.15, -0.1) is 0 Å². The Morgan fingerprint density at radius 1 is 1.04 bits per heavy atom. The van der Waals surface area contributed by atoms with Gasteiger partial charge in [-0.3, -0.25) is 0 Å². The lowest BCUT2D eigenvalue weighted by Gasteiger charge is -2.22. The van der Waals surface area contributed by atoms with E-state index in [9.17, 15) is 0 Å². The van der Waals surface area contributed by atoms with Crippen molar-refractivity contribution in [3.63, 3.8) is 0 Å². The highest BCUT2D eigenvalue weighted by atomic mass is 35.5. The van der Waals surface area contributed by atoms with Crippen molar-refractivity contribution in [3.8, 4) is 11.5 Å². The van der Waals surface area contributed by atoms with Gasteiger partial charge in [0.2, 0.25) is 0 Å². The summed E-state index contributed by atoms with van der Waals surface area (Å²) >= 11 is 6.07. The number of rotatable bonds is 8. The van der Waals surface area contributed by atoms with Crippen molar-refractivity contribution in [2.24, 2.45) is 0 Å². The quantitative estimate of drug-likeness (QED) is 0.752. The summed E-state index contributed by atoms with van der Waals surface area (Å²) in [6.07, 6.45) is 0. The Morgan fingerprint density at radius 3 is 2.38 bits per heavy atom. The first-order valence-electron chi connectivity index (χ1n) is 7.98. The zero-order chi connectivity index (χ0) is 17.5. The van der Waals surface area contributed by atoms with Gasteiger partial charge in [0, 0.05) is 17.1 Å². The molecular weight excluding hydrogens is 326 g/mol. The molecule has 0 saturated carbocycles. The van der Waals surface area contributed by atoms with Crippen LogP contribution in [0.25, 0.3) is 0 Å². The number of methoxy groups -OCH3 is 1. The third-order valence-corrected chi connectivity index (χ3v) is 4.12. The summed E-state index contributed by atoms with van der Waals surface area (Å²) < 4.78 is 10.9. The molecule has 0 heterocycles. The molecule has 4 nitrogen and oxygen atoms in total. The lowest BCUT2D eigenvalue weighted by molar-refractivity contribution is 0.196. The third kappa shape index (κ3) is 4.87. The smallest absolute Gasteiger partial charge is 0.161 e. The van der Waals surface area contributed by atoms with Gasteiger partial charge in [-0.25, -0.2) is 0 Å². The van der Waals surface area contributed by atoms with Gasteiger partial charge in [0.05, 0.1) is 13.7 Å². The largest absolute Gasteiger partial charge is 0.493 e. The Hall–Kier alpha value is -1.75. The summed E-state index contributed by atoms with van der Waals surface area (Å²) in [6.45, 7) is 4.43. The maximum Gasteiger partial charge on any atom is 0.161 e. The number of halogens is 1. The molecule has 0 aromatic heterocycles. The van der Waals surface area contributed by atoms with E-state index in [4.69, 9.17) is 26.2 Å². The van der Waals surface area contributed by atoms with Crippen molar-refractivity contribution in [3.05, 3.63) is 58.6 Å². The van der Waals surface area contributed by atoms with Gasteiger partial charge in [-0.05, 0) is 49.2 Å². The summed E-state index contributed by atoms with van der Waals surface area (Å²) in [5.41, 5.74) is 2.24. The van der Waals surface area contributed by atoms with E-state index in [-0.39, 0.29) is 25.3 Å². The maximum atomic E-state index is 8.88. The third-order valence-electron chi connectivity index (χ3n) is 3.89. The minimum absolute atomic E-state index is 0.0278. The van der Waals surface area contributed by atoms with Crippen LogP contribution < -0.4 is 14.8 Å². The predicted octanol–water partition coefficient (Wildman–Crippen LogP) is 4.13. The van der Waals surface area contributed by atoms with Crippen molar-refractivity contribution in [2.75, 3.05) is 20.3 Å². The summed E-state index contributed by atoms with van der Waals surface area (Å²) in [6, 6.07) is 14.0. The van der Waals surface area contributed by atoms with E-state index in [0.29, 0.717) is 11.5 Å². The first kappa shape index (κ1) is 18.6. The Kier molecular flexibility index (Phi) is 6.91. The minimum atomic E-state index is -0.0278. The Bertz CT molecular complexity index is 663. The van der Waals surface area contributed by atoms with Crippen molar-refractivity contribution >= 4 is 11.6 Å². The highest BCUT2D eigenvalue weighted by Crippen LogP contribution is 2.31. The lowest BCUT2D eigenvalue weighted by atomic mass is 10.0. The molecule has 2 aromatic rings. The molecule has 0 aliphatic carbocycles. The predicted molar refractivity (Wildman–Crippen MR) is 97.0 cm³/mol. The Balaban J connectivity index is 2.10. The number of nitrogens with one attached hydrogen (secondary N) is 1. The van der Waals surface area contributed by atoms with E-state index >= 15 is 0 Å². The summed E-state index contributed by atoms with van der Waals surface area (Å²) in [7, 11) is 1.61. The molecule has 0 saturated heterocycles. The van der Waals surface area contributed by atoms with Crippen LogP contribution in [0.2, 0.25) is 5.02 Å². The van der Waals surface area contributed by atoms with E-state index in [1.807, 2.05) is 36.4 Å². The molecule has 0 amide bonds. The number of hydrogen-bond donors (Lipinski definition) is 2. The van der Waals surface area contributed by atoms with Gasteiger partial charge in [-0.2, -0.15) is 0 Å². The van der Waals surface area contributed by atoms with Crippen molar-refractivity contribution in [1.82, 2.24) is 5.32 Å². The van der Waals surface area contributed by atoms with Crippen molar-refractivity contribution in [1.29, 1.82) is 0 Å². The normalized spacial score (nSPS) is 13.4. The van der Waals surface area contributed by atoms with Crippen molar-refractivity contribution < 1.29 is 14.6 Å². The van der Waals surface area contributed by atoms with Gasteiger partial charge in [0.1, 0.15) is 6.61 Å². The van der Waals surface area contributed by atoms with Crippen LogP contribution in [0.15, 0.2) is 42.5 Å². The standard InChI is InChI=1S/C19H24ClNO3/c1-13(15-5-4-6-17(20)11-15)21-14(2)16-7-8-18(24-10-9-22)19(12-16)23-3/h4-8,11-14,21-22H,9-10H2,1-3H3. The molecule has 2 unspecified atom stereocenters. The molecule has 0 aliphatic heterocycles. The van der Waals surface area contributed by atoms with Gasteiger partial charge in [0.25, 0.3) is 0 Å². The number of ether oxygens (including phenoxy) is 2. The molecule has 0 fully saturated rings. The number of benzene rings is 2. The Morgan fingerprint density at radius 2 is 1.75 bits per heavy atom. The van der Waals surface area contributed by atoms with Crippen LogP contribution >= 0.6 is 11.6 Å². The number of hydrogen-bond acceptors (Lipinski definition) is 4. The fourth-order valence-electron chi connectivity index (χ4n) is 2.57. The van der Waals surface area contributed by atoms with Gasteiger partial charge in [0.15, 0.2) is 11.5 Å². The molecule has 2 rings (SSSR count). The number of aliphatic hydroxyl groups excluding tert-OH is 1. The van der Waals surface area contributed by atoms with Crippen LogP contribution in [-0.2, 0) is 0 Å². The molecule has 0 spiro atoms. The topological polar surface area (TPSA) is 50.7 Å². The fraction of sp³-hybridized carbons (Fsp3) is 0.368. The minimum Gasteiger partial charge on any atom is -0.493 e. The second-order valence-corrected chi connectivity index (χ2v) is 6.08. The molecule has 2 atom stereocenters. The maximum absolute atomic E-state index is 8.88. The van der Waals surface area contributed by atoms with Gasteiger partial charge >= 0.3 is 0 Å². The zero-order valence-corrected chi connectivity index (χ0v) is 15.0. The molecule has 0 radical (unpaired) electrons. The van der Waals surface area contributed by atoms with Crippen LogP contribution in [0.1, 0.15) is 37.1 Å². The molecule has 24 heavy (non-hydrogen) atoms. The van der Waals surface area contributed by atoms with Gasteiger partial charge < -0.3 is 19.9 Å². The first-order valence-corrected chi connectivity index (χ1v) is 8.36. The van der Waals surface area contributed by atoms with Gasteiger partial charge in [-0.1, -0.05) is 29.8 Å². The molecule has 2 N–H and O–H groups in total. The SMILES string of the molecule is COc1cc(C(C)NC(C)c2cccc(Cl)c2)ccc1OCCO. The second kappa shape index (κ2) is 8.92. The van der Waals surface area contributed by atoms with E-state index in [1.165, 1.54) is 0 Å². The molecule has 0 bridgehead atoms. The highest BCUT2D eigenvalue weighted by molar-refractivity contribution is 6.30. The Labute approximate surface area is 148 Å². The fourth-order valence-corrected chi connectivity index (χ4v) is 2.77. The molecule has 5 heteroatoms. The van der Waals surface area contributed by atoms with E-state index in [2.05, 4.69) is 25.2 Å². The van der Waals surface area contributed by atoms with E-state index in [1.54, 1.807) is 7.11 Å². The lowest BCUT2D eigenvalue weighted by Crippen LogP contribution is -2.22. The van der Waals surface area contributed by atoms with Crippen LogP contribution in [0.3, 0.4) is 0 Å². The first-order chi connectivity index (χ1) is 11.5. The van der Waals surface area contributed by atoms with E-state index in [0.717, 1.165) is 16.1 Å². The van der Waals surface area contributed by atoms with Crippen molar-refractivity contribution in [2.45, 2.75) is 25.9 Å². The average Bonchev–Trinajstić information content (AvgIpc) is 2.59. The second-order valence-electron chi connectivity index (χ2n) is 5.65. The van der Waals surface area contributed by atoms with Crippen LogP contribution in [0.4, 0.5) is 0 Å². The molecular formula is C19H24ClNO3. The van der Waals surface area contributed by atoms with Crippen LogP contribution in [0.5, 0.6) is 11.5 Å². The number of aliphatic hydroxyl groups is 1. The van der Waals surface area contributed by atoms with E-state index < -0.39 is 0 Å². The zero-order valence-electron chi connectivity index (χ0n) is 14.3. The van der Waals surface area contributed by atoms with Crippen LogP contribution in [0, 0.1) is 0 Å². The monoisotopic (exact) mass is 349 g/mol. The molecule has 2 aromatic carbocycles. The summed E-state index contributed by atoms with van der Waals surface area (Å²) in [5, 5.41) is 13.2. The van der Waals surface area contributed by atoms with Crippen LogP contribution in [-0.4, -0.2) is 25.4 Å².